The highest BCUT2D eigenvalue weighted by Crippen LogP contribution is 2.36. The van der Waals surface area contributed by atoms with E-state index in [2.05, 4.69) is 27.7 Å². The minimum Gasteiger partial charge on any atom is -0.374 e. The first-order valence-electron chi connectivity index (χ1n) is 7.46. The van der Waals surface area contributed by atoms with E-state index in [0.717, 1.165) is 18.9 Å². The third kappa shape index (κ3) is 3.69. The molecule has 0 radical (unpaired) electrons. The van der Waals surface area contributed by atoms with Crippen molar-refractivity contribution in [3.63, 3.8) is 0 Å². The number of rotatable bonds is 6. The molecule has 2 unspecified atom stereocenters. The summed E-state index contributed by atoms with van der Waals surface area (Å²) in [7, 11) is 0. The SMILES string of the molecule is CCOC(C)(CC)C(N)C1CCC(CC)CC1. The first-order chi connectivity index (χ1) is 8.07. The Morgan fingerprint density at radius 2 is 1.76 bits per heavy atom. The molecule has 0 aliphatic heterocycles. The predicted octanol–water partition coefficient (Wildman–Crippen LogP) is 3.74. The lowest BCUT2D eigenvalue weighted by molar-refractivity contribution is -0.0640. The summed E-state index contributed by atoms with van der Waals surface area (Å²) in [6.07, 6.45) is 7.65. The Hall–Kier alpha value is -0.0800. The molecule has 0 aromatic carbocycles. The van der Waals surface area contributed by atoms with Crippen molar-refractivity contribution in [3.05, 3.63) is 0 Å². The van der Waals surface area contributed by atoms with E-state index in [1.165, 1.54) is 32.1 Å². The molecule has 2 N–H and O–H groups in total. The van der Waals surface area contributed by atoms with E-state index in [-0.39, 0.29) is 11.6 Å². The zero-order valence-corrected chi connectivity index (χ0v) is 12.2. The molecule has 0 saturated heterocycles. The van der Waals surface area contributed by atoms with E-state index in [1.54, 1.807) is 0 Å². The van der Waals surface area contributed by atoms with Gasteiger partial charge in [-0.15, -0.1) is 0 Å². The molecule has 1 aliphatic carbocycles. The highest BCUT2D eigenvalue weighted by molar-refractivity contribution is 4.92. The summed E-state index contributed by atoms with van der Waals surface area (Å²) in [5.41, 5.74) is 6.36. The molecule has 2 nitrogen and oxygen atoms in total. The number of hydrogen-bond donors (Lipinski definition) is 1. The van der Waals surface area contributed by atoms with E-state index in [9.17, 15) is 0 Å². The minimum atomic E-state index is -0.127. The van der Waals surface area contributed by atoms with Crippen molar-refractivity contribution in [3.8, 4) is 0 Å². The van der Waals surface area contributed by atoms with Gasteiger partial charge in [0.2, 0.25) is 0 Å². The molecule has 17 heavy (non-hydrogen) atoms. The fourth-order valence-electron chi connectivity index (χ4n) is 3.22. The van der Waals surface area contributed by atoms with Gasteiger partial charge in [-0.1, -0.05) is 33.1 Å². The molecular weight excluding hydrogens is 210 g/mol. The second-order valence-electron chi connectivity index (χ2n) is 5.81. The zero-order valence-electron chi connectivity index (χ0n) is 12.2. The summed E-state index contributed by atoms with van der Waals surface area (Å²) < 4.78 is 5.92. The van der Waals surface area contributed by atoms with E-state index >= 15 is 0 Å². The Bertz CT molecular complexity index is 211. The number of ether oxygens (including phenoxy) is 1. The van der Waals surface area contributed by atoms with Crippen LogP contribution in [0.25, 0.3) is 0 Å². The molecule has 1 rings (SSSR count). The molecule has 1 saturated carbocycles. The van der Waals surface area contributed by atoms with Crippen LogP contribution in [0.2, 0.25) is 0 Å². The second kappa shape index (κ2) is 6.75. The molecule has 0 heterocycles. The van der Waals surface area contributed by atoms with Crippen LogP contribution >= 0.6 is 0 Å². The van der Waals surface area contributed by atoms with Crippen LogP contribution in [0.1, 0.15) is 66.2 Å². The summed E-state index contributed by atoms with van der Waals surface area (Å²) in [4.78, 5) is 0. The van der Waals surface area contributed by atoms with Crippen LogP contribution in [0.3, 0.4) is 0 Å². The van der Waals surface area contributed by atoms with Gasteiger partial charge in [0.05, 0.1) is 5.60 Å². The molecule has 2 heteroatoms. The Balaban J connectivity index is 2.54. The lowest BCUT2D eigenvalue weighted by atomic mass is 9.73. The third-order valence-corrected chi connectivity index (χ3v) is 4.86. The smallest absolute Gasteiger partial charge is 0.0804 e. The van der Waals surface area contributed by atoms with Gasteiger partial charge in [0.15, 0.2) is 0 Å². The fourth-order valence-corrected chi connectivity index (χ4v) is 3.22. The second-order valence-corrected chi connectivity index (χ2v) is 5.81. The maximum Gasteiger partial charge on any atom is 0.0804 e. The Labute approximate surface area is 107 Å². The largest absolute Gasteiger partial charge is 0.374 e. The standard InChI is InChI=1S/C15H31NO/c1-5-12-8-10-13(11-9-12)14(16)15(4,6-2)17-7-3/h12-14H,5-11,16H2,1-4H3. The van der Waals surface area contributed by atoms with E-state index < -0.39 is 0 Å². The lowest BCUT2D eigenvalue weighted by Gasteiger charge is -2.41. The van der Waals surface area contributed by atoms with Crippen LogP contribution in [-0.2, 0) is 4.74 Å². The summed E-state index contributed by atoms with van der Waals surface area (Å²) >= 11 is 0. The van der Waals surface area contributed by atoms with Gasteiger partial charge >= 0.3 is 0 Å². The Morgan fingerprint density at radius 3 is 2.18 bits per heavy atom. The average molecular weight is 241 g/mol. The molecule has 2 atom stereocenters. The summed E-state index contributed by atoms with van der Waals surface area (Å²) in [6, 6.07) is 0.199. The van der Waals surface area contributed by atoms with Gasteiger partial charge in [-0.3, -0.25) is 0 Å². The summed E-state index contributed by atoms with van der Waals surface area (Å²) in [6.45, 7) is 9.51. The molecule has 0 spiro atoms. The topological polar surface area (TPSA) is 35.2 Å². The number of nitrogens with two attached hydrogens (primary N) is 1. The van der Waals surface area contributed by atoms with Crippen LogP contribution in [0.15, 0.2) is 0 Å². The highest BCUT2D eigenvalue weighted by atomic mass is 16.5. The monoisotopic (exact) mass is 241 g/mol. The molecule has 1 fully saturated rings. The van der Waals surface area contributed by atoms with Crippen molar-refractivity contribution in [2.24, 2.45) is 17.6 Å². The van der Waals surface area contributed by atoms with Crippen molar-refractivity contribution in [1.82, 2.24) is 0 Å². The zero-order chi connectivity index (χ0) is 12.9. The van der Waals surface area contributed by atoms with Gasteiger partial charge in [0.25, 0.3) is 0 Å². The molecule has 0 bridgehead atoms. The van der Waals surface area contributed by atoms with Crippen molar-refractivity contribution < 1.29 is 4.74 Å². The first kappa shape index (κ1) is 15.0. The number of hydrogen-bond acceptors (Lipinski definition) is 2. The maximum atomic E-state index is 6.49. The highest BCUT2D eigenvalue weighted by Gasteiger charge is 2.37. The van der Waals surface area contributed by atoms with Crippen LogP contribution in [0, 0.1) is 11.8 Å². The van der Waals surface area contributed by atoms with Gasteiger partial charge < -0.3 is 10.5 Å². The van der Waals surface area contributed by atoms with Crippen molar-refractivity contribution in [2.45, 2.75) is 77.9 Å². The average Bonchev–Trinajstić information content (AvgIpc) is 2.38. The molecule has 0 aromatic heterocycles. The molecule has 1 aliphatic rings. The van der Waals surface area contributed by atoms with Crippen LogP contribution in [-0.4, -0.2) is 18.2 Å². The molecule has 102 valence electrons. The summed E-state index contributed by atoms with van der Waals surface area (Å²) in [5, 5.41) is 0. The van der Waals surface area contributed by atoms with Gasteiger partial charge in [-0.25, -0.2) is 0 Å². The first-order valence-corrected chi connectivity index (χ1v) is 7.46. The van der Waals surface area contributed by atoms with Crippen molar-refractivity contribution >= 4 is 0 Å². The van der Waals surface area contributed by atoms with Crippen LogP contribution < -0.4 is 5.73 Å². The predicted molar refractivity (Wildman–Crippen MR) is 74.0 cm³/mol. The lowest BCUT2D eigenvalue weighted by Crippen LogP contribution is -2.52. The summed E-state index contributed by atoms with van der Waals surface area (Å²) in [5.74, 6) is 1.60. The minimum absolute atomic E-state index is 0.127. The fraction of sp³-hybridized carbons (Fsp3) is 1.00. The Morgan fingerprint density at radius 1 is 1.18 bits per heavy atom. The van der Waals surface area contributed by atoms with Gasteiger partial charge in [-0.05, 0) is 44.9 Å². The van der Waals surface area contributed by atoms with Crippen molar-refractivity contribution in [1.29, 1.82) is 0 Å². The van der Waals surface area contributed by atoms with Gasteiger partial charge in [-0.2, -0.15) is 0 Å². The van der Waals surface area contributed by atoms with Gasteiger partial charge in [0.1, 0.15) is 0 Å². The third-order valence-electron chi connectivity index (χ3n) is 4.86. The van der Waals surface area contributed by atoms with E-state index in [0.29, 0.717) is 5.92 Å². The van der Waals surface area contributed by atoms with Crippen LogP contribution in [0.4, 0.5) is 0 Å². The van der Waals surface area contributed by atoms with Gasteiger partial charge in [0, 0.05) is 12.6 Å². The Kier molecular flexibility index (Phi) is 5.94. The molecule has 0 aromatic rings. The quantitative estimate of drug-likeness (QED) is 0.769. The normalized spacial score (nSPS) is 30.9. The molecule has 0 amide bonds. The maximum absolute atomic E-state index is 6.49. The van der Waals surface area contributed by atoms with Crippen molar-refractivity contribution in [2.75, 3.05) is 6.61 Å². The van der Waals surface area contributed by atoms with E-state index in [1.807, 2.05) is 0 Å². The van der Waals surface area contributed by atoms with Crippen LogP contribution in [0.5, 0.6) is 0 Å². The molecular formula is C15H31NO. The van der Waals surface area contributed by atoms with E-state index in [4.69, 9.17) is 10.5 Å².